The summed E-state index contributed by atoms with van der Waals surface area (Å²) in [6.07, 6.45) is 5.81. The molecular weight excluding hydrogens is 248 g/mol. The van der Waals surface area contributed by atoms with E-state index in [1.807, 2.05) is 24.3 Å². The molecule has 1 aliphatic heterocycles. The maximum Gasteiger partial charge on any atom is 0.256 e. The van der Waals surface area contributed by atoms with E-state index in [9.17, 15) is 4.79 Å². The lowest BCUT2D eigenvalue weighted by Crippen LogP contribution is -2.43. The highest BCUT2D eigenvalue weighted by molar-refractivity contribution is 5.99. The van der Waals surface area contributed by atoms with Crippen LogP contribution in [0.2, 0.25) is 0 Å². The third-order valence-corrected chi connectivity index (χ3v) is 4.03. The number of carbonyl (C=O) groups excluding carboxylic acids is 1. The number of amides is 1. The summed E-state index contributed by atoms with van der Waals surface area (Å²) in [5.74, 6) is 0.194. The Hall–Kier alpha value is -1.51. The van der Waals surface area contributed by atoms with Crippen molar-refractivity contribution in [1.82, 2.24) is 4.90 Å². The molecule has 110 valence electrons. The van der Waals surface area contributed by atoms with Crippen molar-refractivity contribution in [1.29, 1.82) is 0 Å². The smallest absolute Gasteiger partial charge is 0.256 e. The Morgan fingerprint density at radius 2 is 2.10 bits per heavy atom. The second-order valence-electron chi connectivity index (χ2n) is 5.51. The van der Waals surface area contributed by atoms with Gasteiger partial charge >= 0.3 is 0 Å². The summed E-state index contributed by atoms with van der Waals surface area (Å²) < 4.78 is 0. The summed E-state index contributed by atoms with van der Waals surface area (Å²) in [6, 6.07) is 8.30. The highest BCUT2D eigenvalue weighted by Crippen LogP contribution is 2.25. The van der Waals surface area contributed by atoms with E-state index < -0.39 is 0 Å². The van der Waals surface area contributed by atoms with Gasteiger partial charge in [-0.15, -0.1) is 0 Å². The Labute approximate surface area is 122 Å². The minimum absolute atomic E-state index is 0.194. The van der Waals surface area contributed by atoms with Crippen LogP contribution in [0.1, 0.15) is 56.3 Å². The fourth-order valence-electron chi connectivity index (χ4n) is 3.07. The Morgan fingerprint density at radius 1 is 1.30 bits per heavy atom. The minimum Gasteiger partial charge on any atom is -0.385 e. The monoisotopic (exact) mass is 274 g/mol. The van der Waals surface area contributed by atoms with E-state index in [0.29, 0.717) is 6.04 Å². The number of hydrogen-bond acceptors (Lipinski definition) is 2. The van der Waals surface area contributed by atoms with Crippen LogP contribution in [0.25, 0.3) is 0 Å². The fourth-order valence-corrected chi connectivity index (χ4v) is 3.07. The van der Waals surface area contributed by atoms with Crippen molar-refractivity contribution in [3.63, 3.8) is 0 Å². The summed E-state index contributed by atoms with van der Waals surface area (Å²) in [7, 11) is 0. The Kier molecular flexibility index (Phi) is 5.45. The van der Waals surface area contributed by atoms with Crippen LogP contribution in [0, 0.1) is 0 Å². The van der Waals surface area contributed by atoms with Crippen molar-refractivity contribution in [2.75, 3.05) is 18.4 Å². The highest BCUT2D eigenvalue weighted by Gasteiger charge is 2.27. The molecule has 0 aliphatic carbocycles. The maximum absolute atomic E-state index is 12.9. The van der Waals surface area contributed by atoms with Gasteiger partial charge in [0.05, 0.1) is 5.56 Å². The minimum atomic E-state index is 0.194. The average molecular weight is 274 g/mol. The molecule has 1 heterocycles. The van der Waals surface area contributed by atoms with Gasteiger partial charge in [0.2, 0.25) is 0 Å². The van der Waals surface area contributed by atoms with E-state index >= 15 is 0 Å². The lowest BCUT2D eigenvalue weighted by atomic mass is 9.97. The van der Waals surface area contributed by atoms with Gasteiger partial charge in [0.1, 0.15) is 0 Å². The number of hydrogen-bond donors (Lipinski definition) is 1. The summed E-state index contributed by atoms with van der Waals surface area (Å²) in [5.41, 5.74) is 1.78. The molecule has 3 nitrogen and oxygen atoms in total. The van der Waals surface area contributed by atoms with Crippen LogP contribution in [-0.4, -0.2) is 29.9 Å². The number of benzene rings is 1. The lowest BCUT2D eigenvalue weighted by Gasteiger charge is -2.36. The van der Waals surface area contributed by atoms with Crippen LogP contribution in [0.3, 0.4) is 0 Å². The molecule has 1 amide bonds. The zero-order valence-electron chi connectivity index (χ0n) is 12.7. The number of para-hydroxylation sites is 1. The number of anilines is 1. The molecule has 20 heavy (non-hydrogen) atoms. The number of nitrogens with zero attached hydrogens (tertiary/aromatic N) is 1. The van der Waals surface area contributed by atoms with Gasteiger partial charge in [-0.3, -0.25) is 4.79 Å². The Bertz CT molecular complexity index is 442. The summed E-state index contributed by atoms with van der Waals surface area (Å²) in [5, 5.41) is 3.30. The van der Waals surface area contributed by atoms with E-state index in [1.54, 1.807) is 0 Å². The second-order valence-corrected chi connectivity index (χ2v) is 5.51. The van der Waals surface area contributed by atoms with Crippen molar-refractivity contribution in [3.05, 3.63) is 29.8 Å². The Balaban J connectivity index is 2.20. The third kappa shape index (κ3) is 3.33. The molecule has 0 aromatic heterocycles. The van der Waals surface area contributed by atoms with Crippen LogP contribution >= 0.6 is 0 Å². The number of carbonyl (C=O) groups is 1. The molecule has 1 unspecified atom stereocenters. The molecule has 0 bridgehead atoms. The summed E-state index contributed by atoms with van der Waals surface area (Å²) in [6.45, 7) is 6.00. The van der Waals surface area contributed by atoms with E-state index in [0.717, 1.165) is 50.0 Å². The molecule has 1 saturated heterocycles. The van der Waals surface area contributed by atoms with Crippen LogP contribution in [0.5, 0.6) is 0 Å². The fraction of sp³-hybridized carbons (Fsp3) is 0.588. The van der Waals surface area contributed by atoms with Gasteiger partial charge in [-0.25, -0.2) is 0 Å². The molecule has 3 heteroatoms. The largest absolute Gasteiger partial charge is 0.385 e. The maximum atomic E-state index is 12.9. The molecule has 2 rings (SSSR count). The standard InChI is InChI=1S/C17H26N2O/c1-3-9-14-10-7-8-13-19(14)17(20)15-11-5-6-12-16(15)18-4-2/h5-6,11-12,14,18H,3-4,7-10,13H2,1-2H3. The molecule has 1 aromatic carbocycles. The SMILES string of the molecule is CCCC1CCCCN1C(=O)c1ccccc1NCC. The van der Waals surface area contributed by atoms with Gasteiger partial charge in [0, 0.05) is 24.8 Å². The predicted molar refractivity (Wildman–Crippen MR) is 84.2 cm³/mol. The van der Waals surface area contributed by atoms with Crippen molar-refractivity contribution in [3.8, 4) is 0 Å². The number of rotatable bonds is 5. The van der Waals surface area contributed by atoms with Crippen LogP contribution in [0.15, 0.2) is 24.3 Å². The zero-order chi connectivity index (χ0) is 14.4. The predicted octanol–water partition coefficient (Wildman–Crippen LogP) is 3.91. The highest BCUT2D eigenvalue weighted by atomic mass is 16.2. The summed E-state index contributed by atoms with van der Waals surface area (Å²) >= 11 is 0. The molecule has 1 fully saturated rings. The first-order chi connectivity index (χ1) is 9.77. The van der Waals surface area contributed by atoms with E-state index in [1.165, 1.54) is 6.42 Å². The van der Waals surface area contributed by atoms with Gasteiger partial charge in [0.15, 0.2) is 0 Å². The average Bonchev–Trinajstić information content (AvgIpc) is 2.48. The molecule has 0 spiro atoms. The van der Waals surface area contributed by atoms with E-state index in [4.69, 9.17) is 0 Å². The van der Waals surface area contributed by atoms with E-state index in [2.05, 4.69) is 24.1 Å². The van der Waals surface area contributed by atoms with Crippen LogP contribution in [-0.2, 0) is 0 Å². The van der Waals surface area contributed by atoms with Gasteiger partial charge < -0.3 is 10.2 Å². The van der Waals surface area contributed by atoms with Gasteiger partial charge in [-0.05, 0) is 44.7 Å². The van der Waals surface area contributed by atoms with Crippen LogP contribution < -0.4 is 5.32 Å². The topological polar surface area (TPSA) is 32.3 Å². The molecule has 1 aromatic rings. The van der Waals surface area contributed by atoms with Gasteiger partial charge in [-0.2, -0.15) is 0 Å². The van der Waals surface area contributed by atoms with Crippen molar-refractivity contribution >= 4 is 11.6 Å². The molecule has 0 saturated carbocycles. The van der Waals surface area contributed by atoms with Gasteiger partial charge in [0.25, 0.3) is 5.91 Å². The Morgan fingerprint density at radius 3 is 2.85 bits per heavy atom. The van der Waals surface area contributed by atoms with Crippen molar-refractivity contribution < 1.29 is 4.79 Å². The first kappa shape index (κ1) is 14.9. The molecule has 1 atom stereocenters. The van der Waals surface area contributed by atoms with E-state index in [-0.39, 0.29) is 5.91 Å². The number of nitrogens with one attached hydrogen (secondary N) is 1. The lowest BCUT2D eigenvalue weighted by molar-refractivity contribution is 0.0601. The first-order valence-corrected chi connectivity index (χ1v) is 7.91. The molecule has 1 aliphatic rings. The molecule has 1 N–H and O–H groups in total. The normalized spacial score (nSPS) is 18.9. The quantitative estimate of drug-likeness (QED) is 0.882. The van der Waals surface area contributed by atoms with Crippen molar-refractivity contribution in [2.24, 2.45) is 0 Å². The third-order valence-electron chi connectivity index (χ3n) is 4.03. The van der Waals surface area contributed by atoms with Crippen molar-refractivity contribution in [2.45, 2.75) is 52.0 Å². The summed E-state index contributed by atoms with van der Waals surface area (Å²) in [4.78, 5) is 15.0. The first-order valence-electron chi connectivity index (χ1n) is 7.91. The molecular formula is C17H26N2O. The molecule has 0 radical (unpaired) electrons. The number of likely N-dealkylation sites (tertiary alicyclic amines) is 1. The van der Waals surface area contributed by atoms with Gasteiger partial charge in [-0.1, -0.05) is 25.5 Å². The second kappa shape index (κ2) is 7.32. The number of piperidine rings is 1. The zero-order valence-corrected chi connectivity index (χ0v) is 12.7. The van der Waals surface area contributed by atoms with Crippen LogP contribution in [0.4, 0.5) is 5.69 Å².